The summed E-state index contributed by atoms with van der Waals surface area (Å²) >= 11 is 3.31. The van der Waals surface area contributed by atoms with Crippen molar-refractivity contribution in [1.82, 2.24) is 5.32 Å². The van der Waals surface area contributed by atoms with Crippen LogP contribution in [0.3, 0.4) is 0 Å². The second-order valence-corrected chi connectivity index (χ2v) is 5.56. The third kappa shape index (κ3) is 3.76. The van der Waals surface area contributed by atoms with Gasteiger partial charge >= 0.3 is 0 Å². The van der Waals surface area contributed by atoms with E-state index in [0.717, 1.165) is 15.8 Å². The zero-order valence-electron chi connectivity index (χ0n) is 11.9. The van der Waals surface area contributed by atoms with Gasteiger partial charge in [0.25, 0.3) is 5.91 Å². The molecule has 2 rings (SSSR count). The molecule has 0 unspecified atom stereocenters. The number of nitrogens with one attached hydrogen (secondary N) is 1. The summed E-state index contributed by atoms with van der Waals surface area (Å²) in [6, 6.07) is 12.7. The Morgan fingerprint density at radius 3 is 2.48 bits per heavy atom. The van der Waals surface area contributed by atoms with Crippen LogP contribution in [0.4, 0.5) is 5.69 Å². The molecule has 4 nitrogen and oxygen atoms in total. The van der Waals surface area contributed by atoms with Gasteiger partial charge in [-0.2, -0.15) is 0 Å². The van der Waals surface area contributed by atoms with Gasteiger partial charge in [0.05, 0.1) is 13.2 Å². The van der Waals surface area contributed by atoms with Crippen LogP contribution in [0, 0.1) is 0 Å². The summed E-state index contributed by atoms with van der Waals surface area (Å²) in [6.45, 7) is 1.93. The molecule has 3 N–H and O–H groups in total. The van der Waals surface area contributed by atoms with Crippen LogP contribution in [0.1, 0.15) is 28.9 Å². The number of ether oxygens (including phenoxy) is 1. The van der Waals surface area contributed by atoms with E-state index >= 15 is 0 Å². The lowest BCUT2D eigenvalue weighted by Gasteiger charge is -2.15. The maximum absolute atomic E-state index is 12.2. The number of hydrogen-bond acceptors (Lipinski definition) is 3. The highest BCUT2D eigenvalue weighted by Gasteiger charge is 2.12. The number of methoxy groups -OCH3 is 1. The molecule has 21 heavy (non-hydrogen) atoms. The van der Waals surface area contributed by atoms with E-state index in [0.29, 0.717) is 11.3 Å². The summed E-state index contributed by atoms with van der Waals surface area (Å²) in [7, 11) is 1.62. The molecule has 0 radical (unpaired) electrons. The van der Waals surface area contributed by atoms with Crippen molar-refractivity contribution in [3.05, 3.63) is 58.1 Å². The van der Waals surface area contributed by atoms with Crippen LogP contribution in [-0.2, 0) is 0 Å². The Morgan fingerprint density at radius 2 is 1.90 bits per heavy atom. The zero-order valence-corrected chi connectivity index (χ0v) is 13.5. The Hall–Kier alpha value is -2.01. The van der Waals surface area contributed by atoms with Crippen molar-refractivity contribution in [3.63, 3.8) is 0 Å². The average Bonchev–Trinajstić information content (AvgIpc) is 2.50. The van der Waals surface area contributed by atoms with Gasteiger partial charge in [0, 0.05) is 15.7 Å². The van der Waals surface area contributed by atoms with Crippen molar-refractivity contribution in [3.8, 4) is 5.75 Å². The highest BCUT2D eigenvalue weighted by Crippen LogP contribution is 2.21. The first-order chi connectivity index (χ1) is 10.0. The number of hydrogen-bond donors (Lipinski definition) is 2. The first kappa shape index (κ1) is 15.4. The molecule has 1 amide bonds. The van der Waals surface area contributed by atoms with Crippen LogP contribution < -0.4 is 15.8 Å². The smallest absolute Gasteiger partial charge is 0.251 e. The van der Waals surface area contributed by atoms with E-state index in [-0.39, 0.29) is 11.9 Å². The van der Waals surface area contributed by atoms with Gasteiger partial charge in [-0.1, -0.05) is 12.1 Å². The minimum absolute atomic E-state index is 0.103. The van der Waals surface area contributed by atoms with Gasteiger partial charge in [0.1, 0.15) is 5.75 Å². The highest BCUT2D eigenvalue weighted by molar-refractivity contribution is 9.10. The summed E-state index contributed by atoms with van der Waals surface area (Å²) in [5.74, 6) is 0.635. The van der Waals surface area contributed by atoms with E-state index in [1.54, 1.807) is 25.3 Å². The second-order valence-electron chi connectivity index (χ2n) is 4.70. The van der Waals surface area contributed by atoms with Crippen LogP contribution in [0.25, 0.3) is 0 Å². The van der Waals surface area contributed by atoms with Crippen molar-refractivity contribution in [2.24, 2.45) is 0 Å². The molecule has 1 atom stereocenters. The molecule has 0 aliphatic rings. The first-order valence-electron chi connectivity index (χ1n) is 6.51. The largest absolute Gasteiger partial charge is 0.497 e. The lowest BCUT2D eigenvalue weighted by atomic mass is 10.1. The van der Waals surface area contributed by atoms with Crippen LogP contribution in [0.2, 0.25) is 0 Å². The fourth-order valence-corrected chi connectivity index (χ4v) is 2.19. The second kappa shape index (κ2) is 6.63. The molecule has 0 aliphatic carbocycles. The lowest BCUT2D eigenvalue weighted by Crippen LogP contribution is -2.26. The number of nitrogens with two attached hydrogens (primary N) is 1. The fraction of sp³-hybridized carbons (Fsp3) is 0.188. The van der Waals surface area contributed by atoms with Crippen molar-refractivity contribution >= 4 is 27.5 Å². The Kier molecular flexibility index (Phi) is 4.85. The lowest BCUT2D eigenvalue weighted by molar-refractivity contribution is 0.0940. The van der Waals surface area contributed by atoms with Crippen LogP contribution >= 0.6 is 15.9 Å². The third-order valence-corrected chi connectivity index (χ3v) is 3.94. The number of nitrogen functional groups attached to an aromatic ring is 1. The molecular weight excluding hydrogens is 332 g/mol. The molecule has 2 aromatic rings. The molecular formula is C16H17BrN2O2. The number of anilines is 1. The molecule has 110 valence electrons. The molecule has 0 saturated heterocycles. The highest BCUT2D eigenvalue weighted by atomic mass is 79.9. The molecule has 0 heterocycles. The number of carbonyl (C=O) groups excluding carboxylic acids is 1. The normalized spacial score (nSPS) is 11.8. The Bertz CT molecular complexity index is 641. The maximum Gasteiger partial charge on any atom is 0.251 e. The van der Waals surface area contributed by atoms with Gasteiger partial charge in [0.15, 0.2) is 0 Å². The summed E-state index contributed by atoms with van der Waals surface area (Å²) in [5.41, 5.74) is 7.88. The van der Waals surface area contributed by atoms with Crippen molar-refractivity contribution in [1.29, 1.82) is 0 Å². The predicted octanol–water partition coefficient (Wildman–Crippen LogP) is 3.53. The molecule has 0 aliphatic heterocycles. The van der Waals surface area contributed by atoms with E-state index in [4.69, 9.17) is 10.5 Å². The fourth-order valence-electron chi connectivity index (χ4n) is 1.94. The van der Waals surface area contributed by atoms with E-state index in [1.165, 1.54) is 0 Å². The van der Waals surface area contributed by atoms with Gasteiger partial charge in [-0.05, 0) is 58.7 Å². The maximum atomic E-state index is 12.2. The van der Waals surface area contributed by atoms with Gasteiger partial charge in [-0.25, -0.2) is 0 Å². The Balaban J connectivity index is 2.08. The van der Waals surface area contributed by atoms with Gasteiger partial charge in [-0.15, -0.1) is 0 Å². The number of halogens is 1. The van der Waals surface area contributed by atoms with Gasteiger partial charge in [-0.3, -0.25) is 4.79 Å². The molecule has 0 saturated carbocycles. The predicted molar refractivity (Wildman–Crippen MR) is 87.4 cm³/mol. The monoisotopic (exact) mass is 348 g/mol. The summed E-state index contributed by atoms with van der Waals surface area (Å²) in [5, 5.41) is 2.95. The van der Waals surface area contributed by atoms with Crippen molar-refractivity contribution < 1.29 is 9.53 Å². The molecule has 2 aromatic carbocycles. The van der Waals surface area contributed by atoms with E-state index in [1.807, 2.05) is 31.2 Å². The number of rotatable bonds is 4. The summed E-state index contributed by atoms with van der Waals surface area (Å²) < 4.78 is 5.90. The quantitative estimate of drug-likeness (QED) is 0.830. The minimum Gasteiger partial charge on any atom is -0.497 e. The van der Waals surface area contributed by atoms with Crippen LogP contribution in [0.15, 0.2) is 46.9 Å². The van der Waals surface area contributed by atoms with E-state index in [2.05, 4.69) is 21.2 Å². The van der Waals surface area contributed by atoms with E-state index < -0.39 is 0 Å². The standard InChI is InChI=1S/C16H17BrN2O2/c1-10(11-3-6-13(21-2)7-4-11)19-16(20)12-5-8-14(17)15(18)9-12/h3-10H,18H2,1-2H3,(H,19,20)/t10-/m1/s1. The average molecular weight is 349 g/mol. The van der Waals surface area contributed by atoms with Gasteiger partial charge in [0.2, 0.25) is 0 Å². The first-order valence-corrected chi connectivity index (χ1v) is 7.30. The van der Waals surface area contributed by atoms with Crippen LogP contribution in [-0.4, -0.2) is 13.0 Å². The Labute approximate surface area is 132 Å². The van der Waals surface area contributed by atoms with E-state index in [9.17, 15) is 4.79 Å². The molecule has 0 aromatic heterocycles. The van der Waals surface area contributed by atoms with Crippen molar-refractivity contribution in [2.45, 2.75) is 13.0 Å². The minimum atomic E-state index is -0.155. The van der Waals surface area contributed by atoms with Crippen LogP contribution in [0.5, 0.6) is 5.75 Å². The Morgan fingerprint density at radius 1 is 1.24 bits per heavy atom. The molecule has 0 fully saturated rings. The summed E-state index contributed by atoms with van der Waals surface area (Å²) in [4.78, 5) is 12.2. The zero-order chi connectivity index (χ0) is 15.4. The number of amides is 1. The number of benzene rings is 2. The SMILES string of the molecule is COc1ccc([C@@H](C)NC(=O)c2ccc(Br)c(N)c2)cc1. The van der Waals surface area contributed by atoms with Crippen molar-refractivity contribution in [2.75, 3.05) is 12.8 Å². The van der Waals surface area contributed by atoms with Gasteiger partial charge < -0.3 is 15.8 Å². The third-order valence-electron chi connectivity index (χ3n) is 3.22. The topological polar surface area (TPSA) is 64.3 Å². The molecule has 0 spiro atoms. The molecule has 0 bridgehead atoms. The summed E-state index contributed by atoms with van der Waals surface area (Å²) in [6.07, 6.45) is 0. The molecule has 5 heteroatoms. The number of carbonyl (C=O) groups is 1.